The van der Waals surface area contributed by atoms with E-state index in [0.717, 1.165) is 0 Å². The molecular weight excluding hydrogens is 156 g/mol. The summed E-state index contributed by atoms with van der Waals surface area (Å²) in [6.45, 7) is 6.78. The number of carboxylic acid groups (broad SMARTS) is 1. The molecule has 1 fully saturated rings. The predicted octanol–water partition coefficient (Wildman–Crippen LogP) is 1.32. The maximum absolute atomic E-state index is 11.5. The van der Waals surface area contributed by atoms with Gasteiger partial charge in [0.2, 0.25) is 0 Å². The molecule has 0 saturated heterocycles. The van der Waals surface area contributed by atoms with Gasteiger partial charge in [0.05, 0.1) is 5.92 Å². The van der Waals surface area contributed by atoms with Crippen molar-refractivity contribution in [3.63, 3.8) is 0 Å². The summed E-state index contributed by atoms with van der Waals surface area (Å²) < 4.78 is 0. The van der Waals surface area contributed by atoms with Gasteiger partial charge < -0.3 is 5.11 Å². The highest BCUT2D eigenvalue weighted by molar-refractivity contribution is 6.03. The van der Waals surface area contributed by atoms with Crippen LogP contribution in [0.1, 0.15) is 27.7 Å². The summed E-state index contributed by atoms with van der Waals surface area (Å²) in [6, 6.07) is 0. The van der Waals surface area contributed by atoms with E-state index in [4.69, 9.17) is 5.11 Å². The monoisotopic (exact) mass is 170 g/mol. The zero-order valence-corrected chi connectivity index (χ0v) is 7.84. The van der Waals surface area contributed by atoms with Gasteiger partial charge in [-0.05, 0) is 0 Å². The van der Waals surface area contributed by atoms with Gasteiger partial charge in [0.1, 0.15) is 5.78 Å². The number of rotatable bonds is 1. The first-order valence-corrected chi connectivity index (χ1v) is 4.00. The van der Waals surface area contributed by atoms with Crippen molar-refractivity contribution in [2.24, 2.45) is 16.7 Å². The molecule has 12 heavy (non-hydrogen) atoms. The van der Waals surface area contributed by atoms with Crippen molar-refractivity contribution in [1.29, 1.82) is 0 Å². The van der Waals surface area contributed by atoms with Gasteiger partial charge >= 0.3 is 5.97 Å². The van der Waals surface area contributed by atoms with Crippen LogP contribution >= 0.6 is 0 Å². The highest BCUT2D eigenvalue weighted by atomic mass is 16.4. The zero-order valence-electron chi connectivity index (χ0n) is 7.84. The van der Waals surface area contributed by atoms with Crippen LogP contribution in [0.5, 0.6) is 0 Å². The Morgan fingerprint density at radius 1 is 1.25 bits per heavy atom. The number of aliphatic carboxylic acids is 1. The fourth-order valence-electron chi connectivity index (χ4n) is 2.53. The largest absolute Gasteiger partial charge is 0.481 e. The van der Waals surface area contributed by atoms with E-state index in [1.807, 2.05) is 0 Å². The molecule has 0 spiro atoms. The van der Waals surface area contributed by atoms with E-state index >= 15 is 0 Å². The molecule has 0 aromatic carbocycles. The van der Waals surface area contributed by atoms with Crippen LogP contribution in [0, 0.1) is 16.7 Å². The third-order valence-corrected chi connectivity index (χ3v) is 2.86. The summed E-state index contributed by atoms with van der Waals surface area (Å²) in [5.41, 5.74) is -1.37. The Morgan fingerprint density at radius 3 is 1.75 bits per heavy atom. The molecule has 1 N–H and O–H groups in total. The van der Waals surface area contributed by atoms with Crippen molar-refractivity contribution in [1.82, 2.24) is 0 Å². The molecule has 0 unspecified atom stereocenters. The van der Waals surface area contributed by atoms with Gasteiger partial charge in [0.15, 0.2) is 0 Å². The van der Waals surface area contributed by atoms with Gasteiger partial charge in [-0.15, -0.1) is 0 Å². The lowest BCUT2D eigenvalue weighted by Gasteiger charge is -2.52. The quantitative estimate of drug-likeness (QED) is 0.645. The number of hydrogen-bond donors (Lipinski definition) is 1. The van der Waals surface area contributed by atoms with Gasteiger partial charge in [0, 0.05) is 10.8 Å². The molecule has 0 amide bonds. The summed E-state index contributed by atoms with van der Waals surface area (Å²) in [6.07, 6.45) is 0. The Kier molecular flexibility index (Phi) is 1.61. The van der Waals surface area contributed by atoms with Gasteiger partial charge in [-0.25, -0.2) is 0 Å². The third-order valence-electron chi connectivity index (χ3n) is 2.86. The van der Waals surface area contributed by atoms with E-state index < -0.39 is 22.7 Å². The molecule has 0 radical (unpaired) electrons. The average Bonchev–Trinajstić information content (AvgIpc) is 1.83. The normalized spacial score (nSPS) is 26.5. The number of hydrogen-bond acceptors (Lipinski definition) is 2. The standard InChI is InChI=1S/C9H14O3/c1-8(2)5(6(10)11)9(3,4)7(8)12/h5H,1-4H3,(H,10,11). The first-order chi connectivity index (χ1) is 5.22. The summed E-state index contributed by atoms with van der Waals surface area (Å²) in [5, 5.41) is 8.87. The maximum Gasteiger partial charge on any atom is 0.308 e. The first kappa shape index (κ1) is 9.23. The van der Waals surface area contributed by atoms with Gasteiger partial charge in [-0.1, -0.05) is 27.7 Å². The minimum atomic E-state index is -0.871. The van der Waals surface area contributed by atoms with E-state index in [9.17, 15) is 9.59 Å². The zero-order chi connectivity index (χ0) is 9.73. The van der Waals surface area contributed by atoms with Crippen LogP contribution in [0.15, 0.2) is 0 Å². The Hall–Kier alpha value is -0.860. The number of carboxylic acids is 1. The highest BCUT2D eigenvalue weighted by Gasteiger charge is 2.64. The lowest BCUT2D eigenvalue weighted by atomic mass is 9.47. The maximum atomic E-state index is 11.5. The van der Waals surface area contributed by atoms with Crippen LogP contribution in [0.2, 0.25) is 0 Å². The van der Waals surface area contributed by atoms with Crippen LogP contribution in [-0.4, -0.2) is 16.9 Å². The second-order valence-electron chi connectivity index (χ2n) is 4.54. The molecule has 0 heterocycles. The van der Waals surface area contributed by atoms with E-state index in [1.165, 1.54) is 0 Å². The van der Waals surface area contributed by atoms with E-state index in [-0.39, 0.29) is 5.78 Å². The van der Waals surface area contributed by atoms with Crippen molar-refractivity contribution >= 4 is 11.8 Å². The Labute approximate surface area is 71.8 Å². The van der Waals surface area contributed by atoms with Crippen LogP contribution in [0.25, 0.3) is 0 Å². The summed E-state index contributed by atoms with van der Waals surface area (Å²) >= 11 is 0. The topological polar surface area (TPSA) is 54.4 Å². The molecule has 0 aromatic heterocycles. The van der Waals surface area contributed by atoms with Crippen LogP contribution in [0.4, 0.5) is 0 Å². The average molecular weight is 170 g/mol. The van der Waals surface area contributed by atoms with Crippen LogP contribution < -0.4 is 0 Å². The van der Waals surface area contributed by atoms with E-state index in [2.05, 4.69) is 0 Å². The molecule has 0 aromatic rings. The lowest BCUT2D eigenvalue weighted by molar-refractivity contribution is -0.181. The van der Waals surface area contributed by atoms with Gasteiger partial charge in [0.25, 0.3) is 0 Å². The molecule has 68 valence electrons. The summed E-state index contributed by atoms with van der Waals surface area (Å²) in [7, 11) is 0. The smallest absolute Gasteiger partial charge is 0.308 e. The Balaban J connectivity index is 3.02. The van der Waals surface area contributed by atoms with Crippen molar-refractivity contribution in [2.45, 2.75) is 27.7 Å². The molecule has 0 atom stereocenters. The molecule has 1 aliphatic rings. The van der Waals surface area contributed by atoms with Gasteiger partial charge in [-0.3, -0.25) is 9.59 Å². The van der Waals surface area contributed by atoms with Crippen LogP contribution in [-0.2, 0) is 9.59 Å². The predicted molar refractivity (Wildman–Crippen MR) is 43.7 cm³/mol. The first-order valence-electron chi connectivity index (χ1n) is 4.00. The van der Waals surface area contributed by atoms with Crippen molar-refractivity contribution < 1.29 is 14.7 Å². The summed E-state index contributed by atoms with van der Waals surface area (Å²) in [5.74, 6) is -1.37. The van der Waals surface area contributed by atoms with Crippen molar-refractivity contribution in [3.8, 4) is 0 Å². The fourth-order valence-corrected chi connectivity index (χ4v) is 2.53. The van der Waals surface area contributed by atoms with Gasteiger partial charge in [-0.2, -0.15) is 0 Å². The van der Waals surface area contributed by atoms with E-state index in [1.54, 1.807) is 27.7 Å². The SMILES string of the molecule is CC1(C)C(=O)C(C)(C)C1C(=O)O. The molecule has 1 saturated carbocycles. The molecule has 1 aliphatic carbocycles. The molecule has 1 rings (SSSR count). The number of ketones is 1. The molecule has 3 heteroatoms. The highest BCUT2D eigenvalue weighted by Crippen LogP contribution is 2.55. The fraction of sp³-hybridized carbons (Fsp3) is 0.778. The molecule has 0 aliphatic heterocycles. The lowest BCUT2D eigenvalue weighted by Crippen LogP contribution is -2.63. The summed E-state index contributed by atoms with van der Waals surface area (Å²) in [4.78, 5) is 22.3. The molecule has 0 bridgehead atoms. The minimum Gasteiger partial charge on any atom is -0.481 e. The second-order valence-corrected chi connectivity index (χ2v) is 4.54. The third kappa shape index (κ3) is 0.822. The molecule has 3 nitrogen and oxygen atoms in total. The van der Waals surface area contributed by atoms with Crippen molar-refractivity contribution in [2.75, 3.05) is 0 Å². The van der Waals surface area contributed by atoms with Crippen molar-refractivity contribution in [3.05, 3.63) is 0 Å². The Morgan fingerprint density at radius 2 is 1.58 bits per heavy atom. The Bertz CT molecular complexity index is 232. The number of Topliss-reactive ketones (excluding diaryl/α,β-unsaturated/α-hetero) is 1. The second kappa shape index (κ2) is 2.09. The van der Waals surface area contributed by atoms with E-state index in [0.29, 0.717) is 0 Å². The molecular formula is C9H14O3. The van der Waals surface area contributed by atoms with Crippen LogP contribution in [0.3, 0.4) is 0 Å². The number of carbonyl (C=O) groups excluding carboxylic acids is 1. The number of carbonyl (C=O) groups is 2. The minimum absolute atomic E-state index is 0.0439.